The number of nitrogens with zero attached hydrogens (tertiary/aromatic N) is 1. The van der Waals surface area contributed by atoms with Crippen molar-refractivity contribution in [2.75, 3.05) is 6.54 Å². The van der Waals surface area contributed by atoms with E-state index in [1.165, 1.54) is 0 Å². The molecule has 2 bridgehead atoms. The zero-order valence-corrected chi connectivity index (χ0v) is 14.4. The average Bonchev–Trinajstić information content (AvgIpc) is 3.12. The van der Waals surface area contributed by atoms with Crippen molar-refractivity contribution in [3.63, 3.8) is 0 Å². The number of piperazine rings is 1. The number of hydrogen-bond donors (Lipinski definition) is 1. The van der Waals surface area contributed by atoms with Crippen molar-refractivity contribution in [1.82, 2.24) is 10.2 Å². The van der Waals surface area contributed by atoms with Gasteiger partial charge in [-0.2, -0.15) is 0 Å². The highest BCUT2D eigenvalue weighted by Gasteiger charge is 2.65. The molecule has 2 amide bonds. The summed E-state index contributed by atoms with van der Waals surface area (Å²) in [4.78, 5) is 28.4. The maximum atomic E-state index is 13.4. The maximum absolute atomic E-state index is 13.4. The van der Waals surface area contributed by atoms with Gasteiger partial charge in [-0.15, -0.1) is 0 Å². The fourth-order valence-corrected chi connectivity index (χ4v) is 4.82. The molecule has 0 aromatic heterocycles. The molecule has 6 rings (SSSR count). The van der Waals surface area contributed by atoms with Crippen molar-refractivity contribution in [1.29, 1.82) is 0 Å². The number of fused-ring (bicyclic) bond motifs is 1. The van der Waals surface area contributed by atoms with E-state index in [2.05, 4.69) is 5.32 Å². The second kappa shape index (κ2) is 5.31. The molecular weight excluding hydrogens is 324 g/mol. The van der Waals surface area contributed by atoms with E-state index in [9.17, 15) is 9.59 Å². The Balaban J connectivity index is 1.71. The highest BCUT2D eigenvalue weighted by atomic mass is 16.2. The summed E-state index contributed by atoms with van der Waals surface area (Å²) in [5.74, 6) is -0.00924. The van der Waals surface area contributed by atoms with E-state index in [1.807, 2.05) is 71.6 Å². The van der Waals surface area contributed by atoms with Crippen LogP contribution >= 0.6 is 0 Å². The Labute approximate surface area is 152 Å². The minimum atomic E-state index is -0.990. The number of hydrogen-bond acceptors (Lipinski definition) is 2. The minimum Gasteiger partial charge on any atom is -0.336 e. The predicted molar refractivity (Wildman–Crippen MR) is 99.1 cm³/mol. The summed E-state index contributed by atoms with van der Waals surface area (Å²) in [5, 5.41) is 3.08. The van der Waals surface area contributed by atoms with Crippen molar-refractivity contribution in [3.8, 4) is 0 Å². The number of amides is 2. The van der Waals surface area contributed by atoms with Gasteiger partial charge in [-0.1, -0.05) is 60.7 Å². The Morgan fingerprint density at radius 1 is 0.962 bits per heavy atom. The van der Waals surface area contributed by atoms with Crippen LogP contribution in [0, 0.1) is 0 Å². The maximum Gasteiger partial charge on any atom is 0.253 e. The van der Waals surface area contributed by atoms with Gasteiger partial charge in [0.05, 0.1) is 0 Å². The molecule has 130 valence electrons. The molecule has 0 saturated carbocycles. The second-order valence-electron chi connectivity index (χ2n) is 7.43. The highest BCUT2D eigenvalue weighted by Crippen LogP contribution is 2.50. The Morgan fingerprint density at radius 3 is 2.38 bits per heavy atom. The summed E-state index contributed by atoms with van der Waals surface area (Å²) < 4.78 is 0. The van der Waals surface area contributed by atoms with E-state index in [-0.39, 0.29) is 11.8 Å². The molecule has 2 saturated heterocycles. The lowest BCUT2D eigenvalue weighted by Crippen LogP contribution is -2.77. The van der Waals surface area contributed by atoms with E-state index < -0.39 is 11.1 Å². The fourth-order valence-electron chi connectivity index (χ4n) is 4.82. The monoisotopic (exact) mass is 344 g/mol. The third-order valence-corrected chi connectivity index (χ3v) is 5.97. The number of carbonyl (C=O) groups excluding carboxylic acids is 2. The molecule has 4 aliphatic heterocycles. The standard InChI is InChI=1S/C22H20N2O2/c25-19-22-12-7-13-24(22)20(26)21(23-19,14-16-8-3-1-4-9-16)15-18(22)17-10-5-2-6-11-17/h1-6,8-11,15H,7,12-14H2,(H,23,25)/t21-,22-/m0/s1. The van der Waals surface area contributed by atoms with Crippen LogP contribution < -0.4 is 5.32 Å². The Kier molecular flexibility index (Phi) is 3.14. The molecular formula is C22H20N2O2. The van der Waals surface area contributed by atoms with Crippen molar-refractivity contribution in [2.45, 2.75) is 30.3 Å². The van der Waals surface area contributed by atoms with Gasteiger partial charge in [0.1, 0.15) is 11.1 Å². The Morgan fingerprint density at radius 2 is 1.65 bits per heavy atom. The zero-order chi connectivity index (χ0) is 17.8. The first-order chi connectivity index (χ1) is 12.7. The molecule has 1 N–H and O–H groups in total. The van der Waals surface area contributed by atoms with E-state index in [0.717, 1.165) is 23.1 Å². The van der Waals surface area contributed by atoms with Crippen LogP contribution in [0.15, 0.2) is 66.7 Å². The van der Waals surface area contributed by atoms with Gasteiger partial charge < -0.3 is 10.2 Å². The molecule has 0 radical (unpaired) electrons. The van der Waals surface area contributed by atoms with Crippen LogP contribution in [-0.4, -0.2) is 34.3 Å². The van der Waals surface area contributed by atoms with Crippen LogP contribution in [0.4, 0.5) is 0 Å². The third kappa shape index (κ3) is 1.90. The number of nitrogens with one attached hydrogen (secondary N) is 1. The molecule has 4 heteroatoms. The smallest absolute Gasteiger partial charge is 0.253 e. The van der Waals surface area contributed by atoms with Gasteiger partial charge in [0.15, 0.2) is 0 Å². The van der Waals surface area contributed by atoms with Crippen LogP contribution in [0.2, 0.25) is 0 Å². The van der Waals surface area contributed by atoms with Crippen LogP contribution in [0.1, 0.15) is 24.0 Å². The van der Waals surface area contributed by atoms with E-state index in [1.54, 1.807) is 0 Å². The van der Waals surface area contributed by atoms with Crippen LogP contribution in [0.5, 0.6) is 0 Å². The van der Waals surface area contributed by atoms with Crippen LogP contribution in [0.25, 0.3) is 5.57 Å². The van der Waals surface area contributed by atoms with E-state index in [4.69, 9.17) is 0 Å². The molecule has 2 fully saturated rings. The van der Waals surface area contributed by atoms with Gasteiger partial charge in [-0.05, 0) is 35.6 Å². The van der Waals surface area contributed by atoms with Gasteiger partial charge in [0.2, 0.25) is 0 Å². The summed E-state index contributed by atoms with van der Waals surface area (Å²) in [7, 11) is 0. The number of rotatable bonds is 3. The molecule has 0 aliphatic carbocycles. The quantitative estimate of drug-likeness (QED) is 0.930. The van der Waals surface area contributed by atoms with E-state index >= 15 is 0 Å². The zero-order valence-electron chi connectivity index (χ0n) is 14.4. The minimum absolute atomic E-state index is 0.0261. The van der Waals surface area contributed by atoms with E-state index in [0.29, 0.717) is 19.4 Å². The van der Waals surface area contributed by atoms with Crippen molar-refractivity contribution in [3.05, 3.63) is 77.9 Å². The first-order valence-corrected chi connectivity index (χ1v) is 9.13. The van der Waals surface area contributed by atoms with Gasteiger partial charge in [-0.25, -0.2) is 0 Å². The summed E-state index contributed by atoms with van der Waals surface area (Å²) >= 11 is 0. The third-order valence-electron chi connectivity index (χ3n) is 5.97. The SMILES string of the molecule is O=C1N[C@@]2(Cc3ccccc3)C=C(c3ccccc3)[C@@]13CCCN3C2=O. The van der Waals surface area contributed by atoms with Crippen molar-refractivity contribution in [2.24, 2.45) is 0 Å². The summed E-state index contributed by atoms with van der Waals surface area (Å²) in [6.07, 6.45) is 4.04. The first-order valence-electron chi connectivity index (χ1n) is 9.13. The molecule has 4 aliphatic rings. The summed E-state index contributed by atoms with van der Waals surface area (Å²) in [5.41, 5.74) is 1.22. The number of carbonyl (C=O) groups is 2. The Bertz CT molecular complexity index is 922. The molecule has 2 aromatic rings. The molecule has 1 spiro atoms. The van der Waals surface area contributed by atoms with Gasteiger partial charge in [0, 0.05) is 13.0 Å². The average molecular weight is 344 g/mol. The molecule has 0 unspecified atom stereocenters. The molecule has 2 atom stereocenters. The van der Waals surface area contributed by atoms with Gasteiger partial charge in [0.25, 0.3) is 11.8 Å². The lowest BCUT2D eigenvalue weighted by Gasteiger charge is -2.54. The fraction of sp³-hybridized carbons (Fsp3) is 0.273. The van der Waals surface area contributed by atoms with Crippen LogP contribution in [0.3, 0.4) is 0 Å². The van der Waals surface area contributed by atoms with Gasteiger partial charge in [-0.3, -0.25) is 9.59 Å². The summed E-state index contributed by atoms with van der Waals surface area (Å²) in [6, 6.07) is 19.9. The Hall–Kier alpha value is -2.88. The molecule has 26 heavy (non-hydrogen) atoms. The largest absolute Gasteiger partial charge is 0.336 e. The first kappa shape index (κ1) is 15.4. The normalized spacial score (nSPS) is 29.4. The lowest BCUT2D eigenvalue weighted by atomic mass is 9.68. The lowest BCUT2D eigenvalue weighted by molar-refractivity contribution is -0.155. The molecule has 4 heterocycles. The predicted octanol–water partition coefficient (Wildman–Crippen LogP) is 2.56. The number of benzene rings is 2. The molecule has 2 aromatic carbocycles. The summed E-state index contributed by atoms with van der Waals surface area (Å²) in [6.45, 7) is 0.646. The van der Waals surface area contributed by atoms with Crippen molar-refractivity contribution >= 4 is 17.4 Å². The molecule has 4 nitrogen and oxygen atoms in total. The van der Waals surface area contributed by atoms with Crippen LogP contribution in [-0.2, 0) is 16.0 Å². The van der Waals surface area contributed by atoms with Crippen molar-refractivity contribution < 1.29 is 9.59 Å². The van der Waals surface area contributed by atoms with Gasteiger partial charge >= 0.3 is 0 Å². The topological polar surface area (TPSA) is 49.4 Å². The highest BCUT2D eigenvalue weighted by molar-refractivity contribution is 6.15. The second-order valence-corrected chi connectivity index (χ2v) is 7.43.